The number of aromatic nitrogens is 1. The SMILES string of the molecule is O=C(O)c1cc(CCO)on1. The average Bonchev–Trinajstić information content (AvgIpc) is 2.37. The average molecular weight is 157 g/mol. The Morgan fingerprint density at radius 3 is 2.91 bits per heavy atom. The summed E-state index contributed by atoms with van der Waals surface area (Å²) in [4.78, 5) is 10.2. The zero-order valence-electron chi connectivity index (χ0n) is 5.65. The van der Waals surface area contributed by atoms with Crippen LogP contribution in [-0.2, 0) is 6.42 Å². The largest absolute Gasteiger partial charge is 0.476 e. The van der Waals surface area contributed by atoms with E-state index < -0.39 is 5.97 Å². The Hall–Kier alpha value is -1.36. The summed E-state index contributed by atoms with van der Waals surface area (Å²) in [6.07, 6.45) is 0.292. The highest BCUT2D eigenvalue weighted by molar-refractivity contribution is 5.85. The van der Waals surface area contributed by atoms with Gasteiger partial charge in [0.25, 0.3) is 0 Å². The molecule has 0 bridgehead atoms. The van der Waals surface area contributed by atoms with Crippen LogP contribution in [0.2, 0.25) is 0 Å². The van der Waals surface area contributed by atoms with Gasteiger partial charge in [-0.15, -0.1) is 0 Å². The Morgan fingerprint density at radius 2 is 2.45 bits per heavy atom. The van der Waals surface area contributed by atoms with Crippen LogP contribution >= 0.6 is 0 Å². The summed E-state index contributed by atoms with van der Waals surface area (Å²) >= 11 is 0. The second-order valence-electron chi connectivity index (χ2n) is 1.96. The van der Waals surface area contributed by atoms with Crippen molar-refractivity contribution in [3.8, 4) is 0 Å². The Morgan fingerprint density at radius 1 is 1.73 bits per heavy atom. The predicted molar refractivity (Wildman–Crippen MR) is 34.3 cm³/mol. The van der Waals surface area contributed by atoms with E-state index in [1.54, 1.807) is 0 Å². The molecule has 0 saturated heterocycles. The third kappa shape index (κ3) is 1.78. The van der Waals surface area contributed by atoms with E-state index in [1.807, 2.05) is 0 Å². The molecule has 5 heteroatoms. The van der Waals surface area contributed by atoms with Gasteiger partial charge in [0.1, 0.15) is 5.76 Å². The van der Waals surface area contributed by atoms with Crippen LogP contribution in [0.3, 0.4) is 0 Å². The third-order valence-electron chi connectivity index (χ3n) is 1.14. The molecule has 0 aliphatic rings. The van der Waals surface area contributed by atoms with Crippen molar-refractivity contribution in [1.29, 1.82) is 0 Å². The molecule has 0 unspecified atom stereocenters. The van der Waals surface area contributed by atoms with Crippen molar-refractivity contribution in [1.82, 2.24) is 5.16 Å². The van der Waals surface area contributed by atoms with E-state index in [1.165, 1.54) is 6.07 Å². The summed E-state index contributed by atoms with van der Waals surface area (Å²) in [5.74, 6) is -0.747. The van der Waals surface area contributed by atoms with Gasteiger partial charge < -0.3 is 14.7 Å². The highest BCUT2D eigenvalue weighted by Crippen LogP contribution is 2.03. The topological polar surface area (TPSA) is 83.6 Å². The van der Waals surface area contributed by atoms with Crippen molar-refractivity contribution in [3.63, 3.8) is 0 Å². The molecule has 1 aromatic heterocycles. The molecule has 0 aromatic carbocycles. The summed E-state index contributed by atoms with van der Waals surface area (Å²) in [7, 11) is 0. The fourth-order valence-electron chi connectivity index (χ4n) is 0.642. The van der Waals surface area contributed by atoms with Crippen molar-refractivity contribution in [3.05, 3.63) is 17.5 Å². The number of rotatable bonds is 3. The lowest BCUT2D eigenvalue weighted by atomic mass is 10.3. The highest BCUT2D eigenvalue weighted by Gasteiger charge is 2.09. The van der Waals surface area contributed by atoms with Crippen LogP contribution in [0, 0.1) is 0 Å². The first-order valence-electron chi connectivity index (χ1n) is 3.04. The minimum absolute atomic E-state index is 0.0751. The van der Waals surface area contributed by atoms with Crippen LogP contribution in [0.5, 0.6) is 0 Å². The molecule has 5 nitrogen and oxygen atoms in total. The van der Waals surface area contributed by atoms with Gasteiger partial charge in [0, 0.05) is 12.5 Å². The summed E-state index contributed by atoms with van der Waals surface area (Å²) in [5, 5.41) is 20.1. The van der Waals surface area contributed by atoms with Crippen molar-refractivity contribution >= 4 is 5.97 Å². The van der Waals surface area contributed by atoms with E-state index in [4.69, 9.17) is 10.2 Å². The first-order valence-corrected chi connectivity index (χ1v) is 3.04. The van der Waals surface area contributed by atoms with Gasteiger partial charge in [-0.25, -0.2) is 4.79 Å². The van der Waals surface area contributed by atoms with Crippen LogP contribution in [-0.4, -0.2) is 27.9 Å². The molecule has 0 spiro atoms. The molecule has 0 fully saturated rings. The lowest BCUT2D eigenvalue weighted by Gasteiger charge is -1.83. The van der Waals surface area contributed by atoms with Crippen LogP contribution in [0.15, 0.2) is 10.6 Å². The molecule has 0 aliphatic carbocycles. The lowest BCUT2D eigenvalue weighted by Crippen LogP contribution is -1.94. The Balaban J connectivity index is 2.73. The molecule has 1 heterocycles. The molecule has 11 heavy (non-hydrogen) atoms. The van der Waals surface area contributed by atoms with E-state index in [0.29, 0.717) is 12.2 Å². The van der Waals surface area contributed by atoms with E-state index in [9.17, 15) is 4.79 Å². The second-order valence-corrected chi connectivity index (χ2v) is 1.96. The molecule has 0 saturated carbocycles. The maximum absolute atomic E-state index is 10.2. The quantitative estimate of drug-likeness (QED) is 0.640. The van der Waals surface area contributed by atoms with E-state index in [2.05, 4.69) is 9.68 Å². The molecule has 0 atom stereocenters. The van der Waals surface area contributed by atoms with Gasteiger partial charge in [-0.05, 0) is 0 Å². The number of carbonyl (C=O) groups is 1. The van der Waals surface area contributed by atoms with Gasteiger partial charge >= 0.3 is 5.97 Å². The molecule has 60 valence electrons. The van der Waals surface area contributed by atoms with Gasteiger partial charge in [0.2, 0.25) is 0 Å². The Kier molecular flexibility index (Phi) is 2.22. The number of carboxylic acids is 1. The third-order valence-corrected chi connectivity index (χ3v) is 1.14. The fourth-order valence-corrected chi connectivity index (χ4v) is 0.642. The van der Waals surface area contributed by atoms with Crippen molar-refractivity contribution in [2.24, 2.45) is 0 Å². The van der Waals surface area contributed by atoms with Gasteiger partial charge in [-0.3, -0.25) is 0 Å². The minimum atomic E-state index is -1.13. The maximum atomic E-state index is 10.2. The molecule has 2 N–H and O–H groups in total. The standard InChI is InChI=1S/C6H7NO4/c8-2-1-4-3-5(6(9)10)7-11-4/h3,8H,1-2H2,(H,9,10). The smallest absolute Gasteiger partial charge is 0.358 e. The molecule has 1 aromatic rings. The number of nitrogens with zero attached hydrogens (tertiary/aromatic N) is 1. The minimum Gasteiger partial charge on any atom is -0.476 e. The normalized spacial score (nSPS) is 9.91. The van der Waals surface area contributed by atoms with Gasteiger partial charge in [-0.2, -0.15) is 0 Å². The molecule has 0 radical (unpaired) electrons. The van der Waals surface area contributed by atoms with Crippen molar-refractivity contribution in [2.45, 2.75) is 6.42 Å². The van der Waals surface area contributed by atoms with Crippen LogP contribution < -0.4 is 0 Å². The van der Waals surface area contributed by atoms with E-state index in [0.717, 1.165) is 0 Å². The number of aromatic carboxylic acids is 1. The van der Waals surface area contributed by atoms with E-state index in [-0.39, 0.29) is 12.3 Å². The summed E-state index contributed by atoms with van der Waals surface area (Å²) in [6.45, 7) is -0.0751. The van der Waals surface area contributed by atoms with Crippen molar-refractivity contribution in [2.75, 3.05) is 6.61 Å². The lowest BCUT2D eigenvalue weighted by molar-refractivity contribution is 0.0685. The highest BCUT2D eigenvalue weighted by atomic mass is 16.5. The predicted octanol–water partition coefficient (Wildman–Crippen LogP) is -0.0924. The fraction of sp³-hybridized carbons (Fsp3) is 0.333. The zero-order valence-corrected chi connectivity index (χ0v) is 5.65. The molecule has 0 amide bonds. The molecule has 0 aliphatic heterocycles. The number of hydrogen-bond donors (Lipinski definition) is 2. The van der Waals surface area contributed by atoms with Crippen LogP contribution in [0.1, 0.15) is 16.2 Å². The van der Waals surface area contributed by atoms with Crippen LogP contribution in [0.25, 0.3) is 0 Å². The maximum Gasteiger partial charge on any atom is 0.358 e. The summed E-state index contributed by atoms with van der Waals surface area (Å²) < 4.78 is 4.58. The second kappa shape index (κ2) is 3.16. The zero-order chi connectivity index (χ0) is 8.27. The number of carboxylic acid groups (broad SMARTS) is 1. The van der Waals surface area contributed by atoms with Gasteiger partial charge in [0.15, 0.2) is 5.69 Å². The monoisotopic (exact) mass is 157 g/mol. The van der Waals surface area contributed by atoms with Crippen LogP contribution in [0.4, 0.5) is 0 Å². The first kappa shape index (κ1) is 7.74. The number of aliphatic hydroxyl groups excluding tert-OH is 1. The molecular formula is C6H7NO4. The Bertz CT molecular complexity index is 255. The molecular weight excluding hydrogens is 150 g/mol. The summed E-state index contributed by atoms with van der Waals surface area (Å²) in [6, 6.07) is 1.29. The molecule has 1 rings (SSSR count). The Labute approximate surface area is 62.2 Å². The van der Waals surface area contributed by atoms with Gasteiger partial charge in [-0.1, -0.05) is 5.16 Å². The first-order chi connectivity index (χ1) is 5.24. The van der Waals surface area contributed by atoms with Crippen molar-refractivity contribution < 1.29 is 19.5 Å². The van der Waals surface area contributed by atoms with E-state index >= 15 is 0 Å². The summed E-state index contributed by atoms with van der Waals surface area (Å²) in [5.41, 5.74) is -0.131. The number of hydrogen-bond acceptors (Lipinski definition) is 4. The van der Waals surface area contributed by atoms with Gasteiger partial charge in [0.05, 0.1) is 6.61 Å². The number of aliphatic hydroxyl groups is 1.